The molecule has 0 unspecified atom stereocenters. The highest BCUT2D eigenvalue weighted by Gasteiger charge is 2.21. The summed E-state index contributed by atoms with van der Waals surface area (Å²) in [5.74, 6) is 2.70. The molecule has 1 N–H and O–H groups in total. The Morgan fingerprint density at radius 2 is 1.90 bits per heavy atom. The number of benzene rings is 2. The second kappa shape index (κ2) is 8.91. The zero-order valence-electron chi connectivity index (χ0n) is 18.2. The number of terminal acetylenes is 1. The van der Waals surface area contributed by atoms with Crippen molar-refractivity contribution in [1.82, 2.24) is 0 Å². The molecule has 0 saturated heterocycles. The predicted octanol–water partition coefficient (Wildman–Crippen LogP) is 6.25. The Bertz CT molecular complexity index is 890. The number of hydrogen-bond acceptors (Lipinski definition) is 2. The zero-order valence-corrected chi connectivity index (χ0v) is 18.2. The van der Waals surface area contributed by atoms with Crippen LogP contribution in [-0.2, 0) is 13.0 Å². The van der Waals surface area contributed by atoms with E-state index in [1.165, 1.54) is 40.9 Å². The predicted molar refractivity (Wildman–Crippen MR) is 122 cm³/mol. The van der Waals surface area contributed by atoms with Gasteiger partial charge in [0.2, 0.25) is 0 Å². The summed E-state index contributed by atoms with van der Waals surface area (Å²) in [6.45, 7) is 11.4. The molecule has 1 heterocycles. The molecule has 2 aromatic rings. The fraction of sp³-hybridized carbons (Fsp3) is 0.462. The van der Waals surface area contributed by atoms with E-state index >= 15 is 0 Å². The van der Waals surface area contributed by atoms with Gasteiger partial charge in [0, 0.05) is 36.4 Å². The number of fused-ring (bicyclic) bond motifs is 1. The molecule has 0 fully saturated rings. The summed E-state index contributed by atoms with van der Waals surface area (Å²) in [4.78, 5) is 2.46. The molecule has 0 saturated carbocycles. The smallest absolute Gasteiger partial charge is 0.123 e. The average molecular weight is 393 g/mol. The minimum atomic E-state index is -0.180. The van der Waals surface area contributed by atoms with Crippen LogP contribution >= 0.6 is 0 Å². The van der Waals surface area contributed by atoms with Gasteiger partial charge in [0.1, 0.15) is 5.82 Å². The molecule has 0 amide bonds. The second-order valence-electron chi connectivity index (χ2n) is 8.90. The summed E-state index contributed by atoms with van der Waals surface area (Å²) in [5, 5.41) is 3.66. The Kier molecular flexibility index (Phi) is 6.52. The van der Waals surface area contributed by atoms with Crippen molar-refractivity contribution in [3.8, 4) is 12.3 Å². The lowest BCUT2D eigenvalue weighted by Gasteiger charge is -2.28. The van der Waals surface area contributed by atoms with Crippen LogP contribution in [-0.4, -0.2) is 13.1 Å². The molecule has 1 aliphatic rings. The van der Waals surface area contributed by atoms with Gasteiger partial charge in [-0.1, -0.05) is 12.1 Å². The molecule has 0 spiro atoms. The first-order chi connectivity index (χ1) is 13.8. The van der Waals surface area contributed by atoms with E-state index in [-0.39, 0.29) is 11.2 Å². The van der Waals surface area contributed by atoms with Crippen LogP contribution in [0.25, 0.3) is 0 Å². The van der Waals surface area contributed by atoms with Crippen LogP contribution in [0.15, 0.2) is 30.3 Å². The summed E-state index contributed by atoms with van der Waals surface area (Å²) in [6.07, 6.45) is 10.0. The van der Waals surface area contributed by atoms with Crippen LogP contribution in [0.5, 0.6) is 0 Å². The number of hydrogen-bond donors (Lipinski definition) is 1. The zero-order chi connectivity index (χ0) is 21.0. The molecular formula is C26H33FN2. The van der Waals surface area contributed by atoms with Crippen LogP contribution in [0.4, 0.5) is 15.8 Å². The number of rotatable bonds is 6. The Hall–Kier alpha value is -2.47. The first-order valence-corrected chi connectivity index (χ1v) is 10.6. The first kappa shape index (κ1) is 21.2. The van der Waals surface area contributed by atoms with Gasteiger partial charge in [-0.2, -0.15) is 0 Å². The lowest BCUT2D eigenvalue weighted by Crippen LogP contribution is -2.24. The Morgan fingerprint density at radius 3 is 2.59 bits per heavy atom. The average Bonchev–Trinajstić information content (AvgIpc) is 2.89. The van der Waals surface area contributed by atoms with E-state index in [9.17, 15) is 4.39 Å². The van der Waals surface area contributed by atoms with E-state index in [2.05, 4.69) is 49.9 Å². The lowest BCUT2D eigenvalue weighted by atomic mass is 9.90. The SMILES string of the molecule is C#CC(C)(C)CCNc1c(C)cc2c(c1C)CCCCN2Cc1ccc(F)cc1. The highest BCUT2D eigenvalue weighted by molar-refractivity contribution is 5.70. The normalized spacial score (nSPS) is 14.1. The third kappa shape index (κ3) is 5.12. The topological polar surface area (TPSA) is 15.3 Å². The van der Waals surface area contributed by atoms with Gasteiger partial charge < -0.3 is 10.2 Å². The van der Waals surface area contributed by atoms with Crippen molar-refractivity contribution in [2.24, 2.45) is 5.41 Å². The molecule has 0 aliphatic carbocycles. The fourth-order valence-corrected chi connectivity index (χ4v) is 4.14. The Balaban J connectivity index is 1.85. The fourth-order valence-electron chi connectivity index (χ4n) is 4.14. The molecule has 0 bridgehead atoms. The number of aryl methyl sites for hydroxylation is 1. The third-order valence-corrected chi connectivity index (χ3v) is 6.06. The van der Waals surface area contributed by atoms with E-state index in [0.717, 1.165) is 38.0 Å². The molecule has 3 heteroatoms. The monoisotopic (exact) mass is 392 g/mol. The van der Waals surface area contributed by atoms with Crippen molar-refractivity contribution in [2.75, 3.05) is 23.3 Å². The van der Waals surface area contributed by atoms with Crippen LogP contribution in [0.3, 0.4) is 0 Å². The van der Waals surface area contributed by atoms with Crippen LogP contribution in [0.1, 0.15) is 55.4 Å². The number of nitrogens with one attached hydrogen (secondary N) is 1. The van der Waals surface area contributed by atoms with Crippen LogP contribution in [0, 0.1) is 37.4 Å². The second-order valence-corrected chi connectivity index (χ2v) is 8.90. The van der Waals surface area contributed by atoms with Crippen LogP contribution < -0.4 is 10.2 Å². The maximum Gasteiger partial charge on any atom is 0.123 e. The molecule has 0 atom stereocenters. The molecule has 3 rings (SSSR count). The van der Waals surface area contributed by atoms with Gasteiger partial charge in [0.25, 0.3) is 0 Å². The minimum absolute atomic E-state index is 0.0908. The number of halogens is 1. The highest BCUT2D eigenvalue weighted by Crippen LogP contribution is 2.36. The van der Waals surface area contributed by atoms with Crippen molar-refractivity contribution in [3.63, 3.8) is 0 Å². The van der Waals surface area contributed by atoms with Gasteiger partial charge in [0.05, 0.1) is 0 Å². The van der Waals surface area contributed by atoms with Crippen molar-refractivity contribution < 1.29 is 4.39 Å². The van der Waals surface area contributed by atoms with E-state index < -0.39 is 0 Å². The van der Waals surface area contributed by atoms with Gasteiger partial charge in [0.15, 0.2) is 0 Å². The van der Waals surface area contributed by atoms with Gasteiger partial charge in [-0.3, -0.25) is 0 Å². The number of anilines is 2. The summed E-state index contributed by atoms with van der Waals surface area (Å²) in [5.41, 5.74) is 7.70. The molecule has 1 aliphatic heterocycles. The third-order valence-electron chi connectivity index (χ3n) is 6.06. The summed E-state index contributed by atoms with van der Waals surface area (Å²) >= 11 is 0. The van der Waals surface area contributed by atoms with Crippen molar-refractivity contribution in [2.45, 2.75) is 59.9 Å². The summed E-state index contributed by atoms with van der Waals surface area (Å²) < 4.78 is 13.3. The van der Waals surface area contributed by atoms with Crippen LogP contribution in [0.2, 0.25) is 0 Å². The largest absolute Gasteiger partial charge is 0.385 e. The van der Waals surface area contributed by atoms with E-state index in [1.54, 1.807) is 12.1 Å². The molecule has 0 radical (unpaired) electrons. The van der Waals surface area contributed by atoms with Crippen molar-refractivity contribution in [3.05, 3.63) is 58.4 Å². The molecule has 2 aromatic carbocycles. The van der Waals surface area contributed by atoms with E-state index in [0.29, 0.717) is 0 Å². The highest BCUT2D eigenvalue weighted by atomic mass is 19.1. The van der Waals surface area contributed by atoms with E-state index in [4.69, 9.17) is 6.42 Å². The van der Waals surface area contributed by atoms with Crippen molar-refractivity contribution >= 4 is 11.4 Å². The van der Waals surface area contributed by atoms with Crippen molar-refractivity contribution in [1.29, 1.82) is 0 Å². The standard InChI is InChI=1S/C26H33FN2/c1-6-26(4,5)14-15-28-25-19(2)17-24-23(20(25)3)9-7-8-16-29(24)18-21-10-12-22(27)13-11-21/h1,10-13,17,28H,7-9,14-16,18H2,2-5H3. The van der Waals surface area contributed by atoms with Gasteiger partial charge in [-0.05, 0) is 93.8 Å². The maximum atomic E-state index is 13.3. The van der Waals surface area contributed by atoms with Gasteiger partial charge >= 0.3 is 0 Å². The molecule has 0 aromatic heterocycles. The molecule has 2 nitrogen and oxygen atoms in total. The molecule has 29 heavy (non-hydrogen) atoms. The Labute approximate surface area is 175 Å². The maximum absolute atomic E-state index is 13.3. The summed E-state index contributed by atoms with van der Waals surface area (Å²) in [7, 11) is 0. The molecular weight excluding hydrogens is 359 g/mol. The van der Waals surface area contributed by atoms with Gasteiger partial charge in [-0.15, -0.1) is 12.3 Å². The van der Waals surface area contributed by atoms with E-state index in [1.807, 2.05) is 12.1 Å². The minimum Gasteiger partial charge on any atom is -0.385 e. The number of nitrogens with zero attached hydrogens (tertiary/aromatic N) is 1. The Morgan fingerprint density at radius 1 is 1.17 bits per heavy atom. The van der Waals surface area contributed by atoms with Gasteiger partial charge in [-0.25, -0.2) is 4.39 Å². The quantitative estimate of drug-likeness (QED) is 0.585. The molecule has 154 valence electrons. The first-order valence-electron chi connectivity index (χ1n) is 10.6. The summed E-state index contributed by atoms with van der Waals surface area (Å²) in [6, 6.07) is 9.21. The lowest BCUT2D eigenvalue weighted by molar-refractivity contribution is 0.474.